The van der Waals surface area contributed by atoms with Crippen LogP contribution in [-0.4, -0.2) is 4.98 Å². The van der Waals surface area contributed by atoms with Crippen LogP contribution in [0.4, 0.5) is 15.8 Å². The van der Waals surface area contributed by atoms with Crippen LogP contribution in [0.5, 0.6) is 0 Å². The molecule has 4 heteroatoms. The molecule has 0 fully saturated rings. The Labute approximate surface area is 99.5 Å². The van der Waals surface area contributed by atoms with Crippen LogP contribution in [0.2, 0.25) is 0 Å². The van der Waals surface area contributed by atoms with Crippen LogP contribution in [0.25, 0.3) is 0 Å². The number of hydrogen-bond donors (Lipinski definition) is 2. The van der Waals surface area contributed by atoms with Crippen molar-refractivity contribution >= 4 is 11.4 Å². The van der Waals surface area contributed by atoms with E-state index in [4.69, 9.17) is 5.73 Å². The van der Waals surface area contributed by atoms with Crippen LogP contribution in [0.15, 0.2) is 36.7 Å². The fourth-order valence-electron chi connectivity index (χ4n) is 1.59. The second kappa shape index (κ2) is 4.82. The number of nitrogen functional groups attached to an aromatic ring is 1. The summed E-state index contributed by atoms with van der Waals surface area (Å²) in [6, 6.07) is 6.36. The molecule has 0 saturated heterocycles. The fraction of sp³-hybridized carbons (Fsp3) is 0.154. The van der Waals surface area contributed by atoms with Crippen molar-refractivity contribution in [1.82, 2.24) is 4.98 Å². The molecule has 1 heterocycles. The molecule has 0 unspecified atom stereocenters. The maximum absolute atomic E-state index is 13.1. The van der Waals surface area contributed by atoms with Crippen molar-refractivity contribution in [2.24, 2.45) is 0 Å². The number of aromatic nitrogens is 1. The molecular formula is C13H14FN3. The molecule has 3 N–H and O–H groups in total. The van der Waals surface area contributed by atoms with E-state index < -0.39 is 0 Å². The van der Waals surface area contributed by atoms with E-state index in [1.54, 1.807) is 18.5 Å². The average molecular weight is 231 g/mol. The topological polar surface area (TPSA) is 50.9 Å². The van der Waals surface area contributed by atoms with Gasteiger partial charge in [-0.15, -0.1) is 0 Å². The predicted molar refractivity (Wildman–Crippen MR) is 67.1 cm³/mol. The lowest BCUT2D eigenvalue weighted by Gasteiger charge is -2.09. The molecule has 2 aromatic rings. The zero-order chi connectivity index (χ0) is 12.3. The summed E-state index contributed by atoms with van der Waals surface area (Å²) >= 11 is 0. The first-order chi connectivity index (χ1) is 8.15. The molecule has 0 saturated carbocycles. The van der Waals surface area contributed by atoms with E-state index in [2.05, 4.69) is 10.3 Å². The summed E-state index contributed by atoms with van der Waals surface area (Å²) in [5, 5.41) is 3.12. The van der Waals surface area contributed by atoms with Crippen molar-refractivity contribution in [2.75, 3.05) is 11.1 Å². The Morgan fingerprint density at radius 3 is 2.88 bits per heavy atom. The third kappa shape index (κ3) is 2.93. The molecule has 0 spiro atoms. The van der Waals surface area contributed by atoms with Gasteiger partial charge in [0.1, 0.15) is 5.82 Å². The molecule has 0 bridgehead atoms. The Hall–Kier alpha value is -2.10. The van der Waals surface area contributed by atoms with Gasteiger partial charge in [-0.25, -0.2) is 4.39 Å². The molecule has 0 atom stereocenters. The van der Waals surface area contributed by atoms with Gasteiger partial charge in [0.2, 0.25) is 0 Å². The van der Waals surface area contributed by atoms with Gasteiger partial charge in [-0.2, -0.15) is 0 Å². The lowest BCUT2D eigenvalue weighted by Crippen LogP contribution is -2.02. The van der Waals surface area contributed by atoms with Crippen LogP contribution in [0, 0.1) is 12.7 Å². The van der Waals surface area contributed by atoms with Gasteiger partial charge in [-0.3, -0.25) is 4.98 Å². The molecule has 3 nitrogen and oxygen atoms in total. The van der Waals surface area contributed by atoms with Gasteiger partial charge in [0.15, 0.2) is 0 Å². The Morgan fingerprint density at radius 1 is 1.35 bits per heavy atom. The average Bonchev–Trinajstić information content (AvgIpc) is 2.27. The molecule has 0 aliphatic heterocycles. The van der Waals surface area contributed by atoms with E-state index in [-0.39, 0.29) is 5.82 Å². The SMILES string of the molecule is Cc1ccncc1CNc1cc(N)cc(F)c1. The summed E-state index contributed by atoms with van der Waals surface area (Å²) in [4.78, 5) is 4.05. The molecule has 17 heavy (non-hydrogen) atoms. The van der Waals surface area contributed by atoms with Gasteiger partial charge in [-0.1, -0.05) is 0 Å². The van der Waals surface area contributed by atoms with Crippen LogP contribution in [0.3, 0.4) is 0 Å². The largest absolute Gasteiger partial charge is 0.399 e. The number of nitrogens with two attached hydrogens (primary N) is 1. The highest BCUT2D eigenvalue weighted by atomic mass is 19.1. The minimum absolute atomic E-state index is 0.338. The summed E-state index contributed by atoms with van der Waals surface area (Å²) in [6.45, 7) is 2.61. The summed E-state index contributed by atoms with van der Waals surface area (Å²) < 4.78 is 13.1. The molecule has 0 aliphatic rings. The summed E-state index contributed by atoms with van der Waals surface area (Å²) in [6.07, 6.45) is 3.55. The smallest absolute Gasteiger partial charge is 0.127 e. The van der Waals surface area contributed by atoms with E-state index in [0.29, 0.717) is 17.9 Å². The maximum Gasteiger partial charge on any atom is 0.127 e. The normalized spacial score (nSPS) is 10.2. The third-order valence-electron chi connectivity index (χ3n) is 2.55. The Balaban J connectivity index is 2.10. The standard InChI is InChI=1S/C13H14FN3/c1-9-2-3-16-7-10(9)8-17-13-5-11(14)4-12(15)6-13/h2-7,17H,8,15H2,1H3. The van der Waals surface area contributed by atoms with Gasteiger partial charge in [0.05, 0.1) is 0 Å². The molecule has 2 rings (SSSR count). The van der Waals surface area contributed by atoms with Crippen molar-refractivity contribution < 1.29 is 4.39 Å². The molecule has 0 amide bonds. The van der Waals surface area contributed by atoms with Crippen LogP contribution in [0.1, 0.15) is 11.1 Å². The number of aryl methyl sites for hydroxylation is 1. The van der Waals surface area contributed by atoms with Crippen LogP contribution >= 0.6 is 0 Å². The lowest BCUT2D eigenvalue weighted by atomic mass is 10.1. The number of benzene rings is 1. The first kappa shape index (κ1) is 11.4. The fourth-order valence-corrected chi connectivity index (χ4v) is 1.59. The number of anilines is 2. The number of hydrogen-bond acceptors (Lipinski definition) is 3. The minimum Gasteiger partial charge on any atom is -0.399 e. The Bertz CT molecular complexity index is 506. The predicted octanol–water partition coefficient (Wildman–Crippen LogP) is 2.72. The molecule has 1 aromatic heterocycles. The van der Waals surface area contributed by atoms with Crippen molar-refractivity contribution in [3.05, 3.63) is 53.6 Å². The Morgan fingerprint density at radius 2 is 2.18 bits per heavy atom. The number of nitrogens with zero attached hydrogens (tertiary/aromatic N) is 1. The lowest BCUT2D eigenvalue weighted by molar-refractivity contribution is 0.629. The number of nitrogens with one attached hydrogen (secondary N) is 1. The zero-order valence-corrected chi connectivity index (χ0v) is 9.57. The zero-order valence-electron chi connectivity index (χ0n) is 9.57. The van der Waals surface area contributed by atoms with Crippen LogP contribution in [-0.2, 0) is 6.54 Å². The first-order valence-electron chi connectivity index (χ1n) is 5.34. The van der Waals surface area contributed by atoms with E-state index >= 15 is 0 Å². The highest BCUT2D eigenvalue weighted by Crippen LogP contribution is 2.16. The molecule has 0 radical (unpaired) electrons. The van der Waals surface area contributed by atoms with Gasteiger partial charge in [0.25, 0.3) is 0 Å². The second-order valence-electron chi connectivity index (χ2n) is 3.93. The summed E-state index contributed by atoms with van der Waals surface area (Å²) in [5.41, 5.74) is 8.88. The van der Waals surface area contributed by atoms with Crippen molar-refractivity contribution in [3.63, 3.8) is 0 Å². The van der Waals surface area contributed by atoms with Crippen molar-refractivity contribution in [2.45, 2.75) is 13.5 Å². The van der Waals surface area contributed by atoms with Crippen molar-refractivity contribution in [1.29, 1.82) is 0 Å². The van der Waals surface area contributed by atoms with E-state index in [9.17, 15) is 4.39 Å². The van der Waals surface area contributed by atoms with Crippen molar-refractivity contribution in [3.8, 4) is 0 Å². The van der Waals surface area contributed by atoms with Gasteiger partial charge < -0.3 is 11.1 Å². The molecule has 0 aliphatic carbocycles. The molecular weight excluding hydrogens is 217 g/mol. The highest BCUT2D eigenvalue weighted by Gasteiger charge is 2.00. The monoisotopic (exact) mass is 231 g/mol. The van der Waals surface area contributed by atoms with E-state index in [1.807, 2.05) is 13.0 Å². The van der Waals surface area contributed by atoms with Crippen LogP contribution < -0.4 is 11.1 Å². The number of rotatable bonds is 3. The number of pyridine rings is 1. The maximum atomic E-state index is 13.1. The minimum atomic E-state index is -0.338. The first-order valence-corrected chi connectivity index (χ1v) is 5.34. The van der Waals surface area contributed by atoms with Gasteiger partial charge in [-0.05, 0) is 42.3 Å². The summed E-state index contributed by atoms with van der Waals surface area (Å²) in [5.74, 6) is -0.338. The van der Waals surface area contributed by atoms with Gasteiger partial charge >= 0.3 is 0 Å². The summed E-state index contributed by atoms with van der Waals surface area (Å²) in [7, 11) is 0. The highest BCUT2D eigenvalue weighted by molar-refractivity contribution is 5.54. The molecule has 88 valence electrons. The number of halogens is 1. The second-order valence-corrected chi connectivity index (χ2v) is 3.93. The van der Waals surface area contributed by atoms with E-state index in [0.717, 1.165) is 11.1 Å². The van der Waals surface area contributed by atoms with Gasteiger partial charge in [0, 0.05) is 30.3 Å². The quantitative estimate of drug-likeness (QED) is 0.798. The van der Waals surface area contributed by atoms with E-state index in [1.165, 1.54) is 12.1 Å². The Kier molecular flexibility index (Phi) is 3.23. The third-order valence-corrected chi connectivity index (χ3v) is 2.55. The molecule has 1 aromatic carbocycles.